The van der Waals surface area contributed by atoms with Crippen LogP contribution in [-0.4, -0.2) is 56.2 Å². The summed E-state index contributed by atoms with van der Waals surface area (Å²) < 4.78 is 30.2. The van der Waals surface area contributed by atoms with Crippen molar-refractivity contribution in [1.82, 2.24) is 14.5 Å². The van der Waals surface area contributed by atoms with Crippen LogP contribution < -0.4 is 4.72 Å². The largest absolute Gasteiger partial charge is 0.339 e. The molecule has 1 heterocycles. The van der Waals surface area contributed by atoms with Crippen molar-refractivity contribution in [1.29, 1.82) is 0 Å². The minimum Gasteiger partial charge on any atom is -0.339 e. The molecular weight excluding hydrogens is 570 g/mol. The quantitative estimate of drug-likeness (QED) is 0.299. The van der Waals surface area contributed by atoms with Crippen LogP contribution in [0.2, 0.25) is 5.02 Å². The lowest BCUT2D eigenvalue weighted by Crippen LogP contribution is -2.51. The van der Waals surface area contributed by atoms with Crippen LogP contribution in [0.5, 0.6) is 0 Å². The Morgan fingerprint density at radius 1 is 0.786 bits per heavy atom. The van der Waals surface area contributed by atoms with Gasteiger partial charge in [0, 0.05) is 36.8 Å². The minimum absolute atomic E-state index is 0.0156. The highest BCUT2D eigenvalue weighted by molar-refractivity contribution is 7.89. The molecular formula is C33H32ClN3O4S. The first-order chi connectivity index (χ1) is 20.2. The summed E-state index contributed by atoms with van der Waals surface area (Å²) in [5.74, 6) is -0.303. The fourth-order valence-corrected chi connectivity index (χ4v) is 6.53. The number of hydrogen-bond donors (Lipinski definition) is 1. The highest BCUT2D eigenvalue weighted by Crippen LogP contribution is 2.26. The SMILES string of the molecule is Cc1ccc(S(=O)(=O)NC(c2ccccc2)c2ccccc2)cc1C(=O)N1CCN(C(=O)Cc2ccccc2Cl)CC1. The Bertz CT molecular complexity index is 1630. The zero-order valence-corrected chi connectivity index (χ0v) is 24.8. The van der Waals surface area contributed by atoms with Crippen molar-refractivity contribution in [3.05, 3.63) is 136 Å². The van der Waals surface area contributed by atoms with Crippen molar-refractivity contribution in [2.45, 2.75) is 24.3 Å². The van der Waals surface area contributed by atoms with Gasteiger partial charge >= 0.3 is 0 Å². The van der Waals surface area contributed by atoms with Crippen LogP contribution in [0.3, 0.4) is 0 Å². The minimum atomic E-state index is -4.00. The number of carbonyl (C=O) groups is 2. The molecule has 2 amide bonds. The fourth-order valence-electron chi connectivity index (χ4n) is 5.09. The summed E-state index contributed by atoms with van der Waals surface area (Å²) in [6.07, 6.45) is 0.201. The van der Waals surface area contributed by atoms with Gasteiger partial charge in [-0.15, -0.1) is 0 Å². The van der Waals surface area contributed by atoms with E-state index >= 15 is 0 Å². The second kappa shape index (κ2) is 12.9. The van der Waals surface area contributed by atoms with Gasteiger partial charge in [0.05, 0.1) is 17.4 Å². The summed E-state index contributed by atoms with van der Waals surface area (Å²) in [7, 11) is -4.00. The molecule has 0 atom stereocenters. The lowest BCUT2D eigenvalue weighted by Gasteiger charge is -2.35. The van der Waals surface area contributed by atoms with Crippen LogP contribution in [0.4, 0.5) is 0 Å². The Morgan fingerprint density at radius 2 is 1.33 bits per heavy atom. The molecule has 0 radical (unpaired) electrons. The van der Waals surface area contributed by atoms with Gasteiger partial charge in [-0.05, 0) is 47.4 Å². The van der Waals surface area contributed by atoms with Gasteiger partial charge in [-0.2, -0.15) is 4.72 Å². The molecule has 4 aromatic carbocycles. The monoisotopic (exact) mass is 601 g/mol. The van der Waals surface area contributed by atoms with Crippen molar-refractivity contribution in [2.75, 3.05) is 26.2 Å². The third-order valence-corrected chi connectivity index (χ3v) is 9.30. The molecule has 1 N–H and O–H groups in total. The first-order valence-electron chi connectivity index (χ1n) is 13.8. The van der Waals surface area contributed by atoms with Crippen molar-refractivity contribution >= 4 is 33.4 Å². The number of amides is 2. The maximum Gasteiger partial charge on any atom is 0.254 e. The number of carbonyl (C=O) groups excluding carboxylic acids is 2. The van der Waals surface area contributed by atoms with E-state index in [1.807, 2.05) is 78.9 Å². The lowest BCUT2D eigenvalue weighted by atomic mass is 10.00. The van der Waals surface area contributed by atoms with Crippen LogP contribution in [0.1, 0.15) is 38.7 Å². The van der Waals surface area contributed by atoms with E-state index < -0.39 is 16.1 Å². The van der Waals surface area contributed by atoms with Crippen molar-refractivity contribution in [3.63, 3.8) is 0 Å². The van der Waals surface area contributed by atoms with Gasteiger partial charge in [0.2, 0.25) is 15.9 Å². The first-order valence-corrected chi connectivity index (χ1v) is 15.6. The molecule has 0 unspecified atom stereocenters. The molecule has 5 rings (SSSR count). The fraction of sp³-hybridized carbons (Fsp3) is 0.212. The predicted octanol–water partition coefficient (Wildman–Crippen LogP) is 5.24. The third-order valence-electron chi connectivity index (χ3n) is 7.51. The Kier molecular flexibility index (Phi) is 9.06. The number of nitrogens with one attached hydrogen (secondary N) is 1. The van der Waals surface area contributed by atoms with Crippen molar-refractivity contribution in [3.8, 4) is 0 Å². The van der Waals surface area contributed by atoms with Gasteiger partial charge in [-0.25, -0.2) is 8.42 Å². The molecule has 0 aliphatic carbocycles. The van der Waals surface area contributed by atoms with Crippen LogP contribution in [0, 0.1) is 6.92 Å². The molecule has 1 saturated heterocycles. The number of hydrogen-bond acceptors (Lipinski definition) is 4. The zero-order chi connectivity index (χ0) is 29.7. The molecule has 4 aromatic rings. The number of sulfonamides is 1. The molecule has 9 heteroatoms. The molecule has 0 aromatic heterocycles. The number of nitrogens with zero attached hydrogens (tertiary/aromatic N) is 2. The van der Waals surface area contributed by atoms with Gasteiger partial charge in [0.1, 0.15) is 0 Å². The van der Waals surface area contributed by atoms with E-state index in [1.165, 1.54) is 12.1 Å². The molecule has 1 aliphatic heterocycles. The second-order valence-corrected chi connectivity index (χ2v) is 12.4. The van der Waals surface area contributed by atoms with Crippen LogP contribution >= 0.6 is 11.6 Å². The standard InChI is InChI=1S/C33H32ClN3O4S/c1-24-16-17-28(42(40,41)35-32(25-10-4-2-5-11-25)26-12-6-3-7-13-26)23-29(24)33(39)37-20-18-36(19-21-37)31(38)22-27-14-8-9-15-30(27)34/h2-17,23,32,35H,18-22H2,1H3. The van der Waals surface area contributed by atoms with Crippen molar-refractivity contribution in [2.24, 2.45) is 0 Å². The predicted molar refractivity (Wildman–Crippen MR) is 164 cm³/mol. The summed E-state index contributed by atoms with van der Waals surface area (Å²) in [6, 6.07) is 30.0. The van der Waals surface area contributed by atoms with Gasteiger partial charge in [-0.3, -0.25) is 9.59 Å². The summed E-state index contributed by atoms with van der Waals surface area (Å²) in [5.41, 5.74) is 3.38. The molecule has 0 bridgehead atoms. The maximum atomic E-state index is 13.7. The topological polar surface area (TPSA) is 86.8 Å². The van der Waals surface area contributed by atoms with E-state index in [2.05, 4.69) is 4.72 Å². The smallest absolute Gasteiger partial charge is 0.254 e. The van der Waals surface area contributed by atoms with Gasteiger partial charge in [0.15, 0.2) is 0 Å². The van der Waals surface area contributed by atoms with Gasteiger partial charge in [0.25, 0.3) is 5.91 Å². The number of piperazine rings is 1. The molecule has 7 nitrogen and oxygen atoms in total. The lowest BCUT2D eigenvalue weighted by molar-refractivity contribution is -0.131. The Labute approximate surface area is 251 Å². The van der Waals surface area contributed by atoms with E-state index in [1.54, 1.807) is 28.9 Å². The number of benzene rings is 4. The summed E-state index contributed by atoms with van der Waals surface area (Å²) in [6.45, 7) is 3.28. The average molecular weight is 602 g/mol. The van der Waals surface area contributed by atoms with Gasteiger partial charge < -0.3 is 9.80 Å². The van der Waals surface area contributed by atoms with E-state index in [0.29, 0.717) is 42.3 Å². The van der Waals surface area contributed by atoms with E-state index in [0.717, 1.165) is 16.7 Å². The Morgan fingerprint density at radius 3 is 1.93 bits per heavy atom. The number of halogens is 1. The highest BCUT2D eigenvalue weighted by atomic mass is 35.5. The molecule has 42 heavy (non-hydrogen) atoms. The number of rotatable bonds is 8. The molecule has 216 valence electrons. The summed E-state index contributed by atoms with van der Waals surface area (Å²) >= 11 is 6.22. The van der Waals surface area contributed by atoms with E-state index in [-0.39, 0.29) is 23.1 Å². The molecule has 1 aliphatic rings. The van der Waals surface area contributed by atoms with E-state index in [9.17, 15) is 18.0 Å². The van der Waals surface area contributed by atoms with E-state index in [4.69, 9.17) is 11.6 Å². The van der Waals surface area contributed by atoms with Crippen LogP contribution in [0.25, 0.3) is 0 Å². The Hall–Kier alpha value is -3.98. The maximum absolute atomic E-state index is 13.7. The third kappa shape index (κ3) is 6.73. The molecule has 0 saturated carbocycles. The normalized spacial score (nSPS) is 13.8. The van der Waals surface area contributed by atoms with Crippen LogP contribution in [0.15, 0.2) is 108 Å². The summed E-state index contributed by atoms with van der Waals surface area (Å²) in [5, 5.41) is 0.554. The van der Waals surface area contributed by atoms with Gasteiger partial charge in [-0.1, -0.05) is 96.5 Å². The number of aryl methyl sites for hydroxylation is 1. The zero-order valence-electron chi connectivity index (χ0n) is 23.2. The summed E-state index contributed by atoms with van der Waals surface area (Å²) in [4.78, 5) is 29.8. The molecule has 0 spiro atoms. The Balaban J connectivity index is 1.30. The average Bonchev–Trinajstić information content (AvgIpc) is 3.02. The highest BCUT2D eigenvalue weighted by Gasteiger charge is 2.28. The van der Waals surface area contributed by atoms with Crippen molar-refractivity contribution < 1.29 is 18.0 Å². The molecule has 1 fully saturated rings. The second-order valence-electron chi connectivity index (χ2n) is 10.3. The first kappa shape index (κ1) is 29.5. The van der Waals surface area contributed by atoms with Crippen LogP contribution in [-0.2, 0) is 21.2 Å².